The van der Waals surface area contributed by atoms with Crippen molar-refractivity contribution < 1.29 is 18.7 Å². The van der Waals surface area contributed by atoms with E-state index in [4.69, 9.17) is 4.74 Å². The summed E-state index contributed by atoms with van der Waals surface area (Å²) in [5.74, 6) is -0.153. The van der Waals surface area contributed by atoms with Crippen LogP contribution in [0.4, 0.5) is 15.8 Å². The second-order valence-corrected chi connectivity index (χ2v) is 8.73. The number of halogens is 1. The molecule has 1 aliphatic heterocycles. The summed E-state index contributed by atoms with van der Waals surface area (Å²) in [6.07, 6.45) is 4.64. The monoisotopic (exact) mass is 457 g/mol. The molecule has 1 unspecified atom stereocenters. The maximum Gasteiger partial charge on any atom is 0.238 e. The van der Waals surface area contributed by atoms with Crippen LogP contribution in [-0.2, 0) is 9.59 Å². The number of thioether (sulfide) groups is 1. The highest BCUT2D eigenvalue weighted by atomic mass is 32.2. The summed E-state index contributed by atoms with van der Waals surface area (Å²) in [5, 5.41) is 2.59. The van der Waals surface area contributed by atoms with Crippen molar-refractivity contribution in [1.29, 1.82) is 0 Å². The van der Waals surface area contributed by atoms with Gasteiger partial charge in [-0.3, -0.25) is 14.5 Å². The molecule has 6 nitrogen and oxygen atoms in total. The van der Waals surface area contributed by atoms with E-state index in [1.54, 1.807) is 31.3 Å². The summed E-state index contributed by atoms with van der Waals surface area (Å²) in [6.45, 7) is 2.85. The minimum atomic E-state index is -0.625. The molecule has 0 aliphatic carbocycles. The molecule has 0 spiro atoms. The largest absolute Gasteiger partial charge is 0.494 e. The molecule has 0 radical (unpaired) electrons. The van der Waals surface area contributed by atoms with Gasteiger partial charge in [-0.2, -0.15) is 0 Å². The molecule has 0 aromatic heterocycles. The quantitative estimate of drug-likeness (QED) is 0.514. The average Bonchev–Trinajstić information content (AvgIpc) is 2.77. The fraction of sp³-hybridized carbons (Fsp3) is 0.375. The van der Waals surface area contributed by atoms with Crippen LogP contribution in [-0.4, -0.2) is 40.8 Å². The van der Waals surface area contributed by atoms with Crippen molar-refractivity contribution >= 4 is 40.1 Å². The molecular weight excluding hydrogens is 429 g/mol. The van der Waals surface area contributed by atoms with E-state index in [9.17, 15) is 14.0 Å². The zero-order valence-corrected chi connectivity index (χ0v) is 19.2. The van der Waals surface area contributed by atoms with Gasteiger partial charge in [0.15, 0.2) is 5.17 Å². The molecule has 1 fully saturated rings. The lowest BCUT2D eigenvalue weighted by molar-refractivity contribution is -0.128. The molecule has 1 heterocycles. The summed E-state index contributed by atoms with van der Waals surface area (Å²) in [4.78, 5) is 30.9. The van der Waals surface area contributed by atoms with Gasteiger partial charge in [0.05, 0.1) is 12.3 Å². The van der Waals surface area contributed by atoms with Gasteiger partial charge in [0.25, 0.3) is 0 Å². The standard InChI is InChI=1S/C24H28FN3O3S/c1-3-4-5-6-14-31-20-12-10-18(11-13-20)26-23(30)21-16-22(29)28(2)24(32-21)27-19-9-7-8-17(25)15-19/h7-13,15,21H,3-6,14,16H2,1-2H3,(H,26,30). The summed E-state index contributed by atoms with van der Waals surface area (Å²) in [6, 6.07) is 13.0. The number of anilines is 1. The van der Waals surface area contributed by atoms with Crippen LogP contribution in [0.5, 0.6) is 5.75 Å². The first-order valence-corrected chi connectivity index (χ1v) is 11.7. The Labute approximate surface area is 192 Å². The van der Waals surface area contributed by atoms with E-state index < -0.39 is 11.1 Å². The molecule has 2 amide bonds. The first kappa shape index (κ1) is 23.8. The maximum atomic E-state index is 13.5. The van der Waals surface area contributed by atoms with Gasteiger partial charge in [0.1, 0.15) is 16.8 Å². The smallest absolute Gasteiger partial charge is 0.238 e. The highest BCUT2D eigenvalue weighted by Gasteiger charge is 2.34. The maximum absolute atomic E-state index is 13.5. The first-order valence-electron chi connectivity index (χ1n) is 10.8. The Kier molecular flexibility index (Phi) is 8.67. The van der Waals surface area contributed by atoms with E-state index >= 15 is 0 Å². The number of amides is 2. The Morgan fingerprint density at radius 1 is 1.22 bits per heavy atom. The van der Waals surface area contributed by atoms with E-state index in [0.717, 1.165) is 18.6 Å². The average molecular weight is 458 g/mol. The molecule has 8 heteroatoms. The minimum Gasteiger partial charge on any atom is -0.494 e. The third-order valence-electron chi connectivity index (χ3n) is 4.98. The number of carbonyl (C=O) groups excluding carboxylic acids is 2. The number of nitrogens with zero attached hydrogens (tertiary/aromatic N) is 2. The topological polar surface area (TPSA) is 71.0 Å². The minimum absolute atomic E-state index is 0.0636. The van der Waals surface area contributed by atoms with Gasteiger partial charge in [-0.05, 0) is 48.9 Å². The molecule has 170 valence electrons. The third kappa shape index (κ3) is 6.82. The number of hydrogen-bond donors (Lipinski definition) is 1. The Hall–Kier alpha value is -2.87. The fourth-order valence-corrected chi connectivity index (χ4v) is 4.19. The molecule has 3 rings (SSSR count). The molecule has 1 aliphatic rings. The van der Waals surface area contributed by atoms with Crippen molar-refractivity contribution in [1.82, 2.24) is 4.90 Å². The molecule has 1 saturated heterocycles. The molecule has 1 atom stereocenters. The number of nitrogens with one attached hydrogen (secondary N) is 1. The van der Waals surface area contributed by atoms with Crippen molar-refractivity contribution in [2.45, 2.75) is 44.3 Å². The number of ether oxygens (including phenoxy) is 1. The van der Waals surface area contributed by atoms with Crippen LogP contribution in [0.25, 0.3) is 0 Å². The van der Waals surface area contributed by atoms with E-state index in [0.29, 0.717) is 23.1 Å². The van der Waals surface area contributed by atoms with Gasteiger partial charge < -0.3 is 10.1 Å². The van der Waals surface area contributed by atoms with Gasteiger partial charge in [-0.25, -0.2) is 9.38 Å². The third-order valence-corrected chi connectivity index (χ3v) is 6.22. The van der Waals surface area contributed by atoms with Crippen molar-refractivity contribution in [3.05, 3.63) is 54.3 Å². The highest BCUT2D eigenvalue weighted by Crippen LogP contribution is 2.29. The van der Waals surface area contributed by atoms with E-state index in [1.807, 2.05) is 12.1 Å². The van der Waals surface area contributed by atoms with Crippen LogP contribution in [0, 0.1) is 5.82 Å². The molecule has 2 aromatic rings. The number of rotatable bonds is 9. The van der Waals surface area contributed by atoms with Crippen molar-refractivity contribution in [3.63, 3.8) is 0 Å². The summed E-state index contributed by atoms with van der Waals surface area (Å²) >= 11 is 1.19. The predicted octanol–water partition coefficient (Wildman–Crippen LogP) is 5.37. The SMILES string of the molecule is CCCCCCOc1ccc(NC(=O)C2CC(=O)N(C)C(=Nc3cccc(F)c3)S2)cc1. The summed E-state index contributed by atoms with van der Waals surface area (Å²) < 4.78 is 19.2. The number of amidine groups is 1. The van der Waals surface area contributed by atoms with Gasteiger partial charge in [0.2, 0.25) is 11.8 Å². The highest BCUT2D eigenvalue weighted by molar-refractivity contribution is 8.15. The van der Waals surface area contributed by atoms with Crippen LogP contribution >= 0.6 is 11.8 Å². The lowest BCUT2D eigenvalue weighted by atomic mass is 10.2. The molecule has 0 saturated carbocycles. The molecule has 1 N–H and O–H groups in total. The Balaban J connectivity index is 1.59. The van der Waals surface area contributed by atoms with E-state index in [1.165, 1.54) is 41.6 Å². The normalized spacial score (nSPS) is 17.5. The predicted molar refractivity (Wildman–Crippen MR) is 127 cm³/mol. The van der Waals surface area contributed by atoms with Crippen molar-refractivity contribution in [3.8, 4) is 5.75 Å². The first-order chi connectivity index (χ1) is 15.5. The van der Waals surface area contributed by atoms with Crippen LogP contribution in [0.1, 0.15) is 39.0 Å². The van der Waals surface area contributed by atoms with Crippen molar-refractivity contribution in [2.24, 2.45) is 4.99 Å². The zero-order chi connectivity index (χ0) is 22.9. The van der Waals surface area contributed by atoms with Crippen LogP contribution in [0.15, 0.2) is 53.5 Å². The molecule has 0 bridgehead atoms. The summed E-state index contributed by atoms with van der Waals surface area (Å²) in [7, 11) is 1.60. The lowest BCUT2D eigenvalue weighted by Crippen LogP contribution is -2.43. The number of benzene rings is 2. The lowest BCUT2D eigenvalue weighted by Gasteiger charge is -2.28. The molecular formula is C24H28FN3O3S. The van der Waals surface area contributed by atoms with Gasteiger partial charge in [-0.15, -0.1) is 0 Å². The Morgan fingerprint density at radius 2 is 2.00 bits per heavy atom. The molecule has 32 heavy (non-hydrogen) atoms. The van der Waals surface area contributed by atoms with Crippen LogP contribution in [0.3, 0.4) is 0 Å². The number of hydrogen-bond acceptors (Lipinski definition) is 5. The fourth-order valence-electron chi connectivity index (χ4n) is 3.13. The summed E-state index contributed by atoms with van der Waals surface area (Å²) in [5.41, 5.74) is 1.02. The molecule has 2 aromatic carbocycles. The van der Waals surface area contributed by atoms with Crippen LogP contribution in [0.2, 0.25) is 0 Å². The number of unbranched alkanes of at least 4 members (excludes halogenated alkanes) is 3. The van der Waals surface area contributed by atoms with E-state index in [-0.39, 0.29) is 18.2 Å². The van der Waals surface area contributed by atoms with Gasteiger partial charge in [0, 0.05) is 19.2 Å². The second kappa shape index (κ2) is 11.7. The Bertz CT molecular complexity index is 965. The van der Waals surface area contributed by atoms with Crippen LogP contribution < -0.4 is 10.1 Å². The van der Waals surface area contributed by atoms with Gasteiger partial charge >= 0.3 is 0 Å². The van der Waals surface area contributed by atoms with Gasteiger partial charge in [-0.1, -0.05) is 44.0 Å². The van der Waals surface area contributed by atoms with E-state index in [2.05, 4.69) is 17.2 Å². The second-order valence-electron chi connectivity index (χ2n) is 7.56. The Morgan fingerprint density at radius 3 is 2.72 bits per heavy atom. The van der Waals surface area contributed by atoms with Crippen molar-refractivity contribution in [2.75, 3.05) is 19.0 Å². The number of aliphatic imine (C=N–C) groups is 1. The number of carbonyl (C=O) groups is 2. The zero-order valence-electron chi connectivity index (χ0n) is 18.3.